The SMILES string of the molecule is CNc1sc(S(=O)(=O)Nc2ccccc2Cl)cc1[N+](=O)[O-]. The van der Waals surface area contributed by atoms with Gasteiger partial charge < -0.3 is 5.32 Å². The zero-order chi connectivity index (χ0) is 15.6. The second-order valence-electron chi connectivity index (χ2n) is 3.87. The molecular formula is C11H10ClN3O4S2. The lowest BCUT2D eigenvalue weighted by atomic mass is 10.3. The highest BCUT2D eigenvalue weighted by molar-refractivity contribution is 7.94. The van der Waals surface area contributed by atoms with Crippen LogP contribution in [0.2, 0.25) is 5.02 Å². The highest BCUT2D eigenvalue weighted by atomic mass is 35.5. The number of benzene rings is 1. The summed E-state index contributed by atoms with van der Waals surface area (Å²) in [6, 6.07) is 7.33. The fraction of sp³-hybridized carbons (Fsp3) is 0.0909. The first-order valence-corrected chi connectivity index (χ1v) is 8.26. The fourth-order valence-electron chi connectivity index (χ4n) is 1.55. The first-order valence-electron chi connectivity index (χ1n) is 5.58. The number of thiophene rings is 1. The summed E-state index contributed by atoms with van der Waals surface area (Å²) in [5.41, 5.74) is -0.0803. The second kappa shape index (κ2) is 5.88. The predicted octanol–water partition coefficient (Wildman–Crippen LogP) is 3.15. The quantitative estimate of drug-likeness (QED) is 0.639. The van der Waals surface area contributed by atoms with E-state index >= 15 is 0 Å². The summed E-state index contributed by atoms with van der Waals surface area (Å²) in [6.45, 7) is 0. The Hall–Kier alpha value is -1.84. The zero-order valence-corrected chi connectivity index (χ0v) is 13.1. The Kier molecular flexibility index (Phi) is 4.35. The predicted molar refractivity (Wildman–Crippen MR) is 82.8 cm³/mol. The van der Waals surface area contributed by atoms with Crippen molar-refractivity contribution in [3.8, 4) is 0 Å². The molecule has 2 N–H and O–H groups in total. The summed E-state index contributed by atoms with van der Waals surface area (Å²) in [7, 11) is -2.46. The standard InChI is InChI=1S/C11H10ClN3O4S2/c1-13-11-9(15(16)17)6-10(20-11)21(18,19)14-8-5-3-2-4-7(8)12/h2-6,13-14H,1H3. The van der Waals surface area contributed by atoms with Gasteiger partial charge in [0.25, 0.3) is 10.0 Å². The van der Waals surface area contributed by atoms with Crippen LogP contribution in [0.25, 0.3) is 0 Å². The van der Waals surface area contributed by atoms with E-state index in [1.807, 2.05) is 0 Å². The maximum absolute atomic E-state index is 12.2. The molecule has 0 bridgehead atoms. The lowest BCUT2D eigenvalue weighted by Crippen LogP contribution is -2.11. The van der Waals surface area contributed by atoms with Crippen LogP contribution >= 0.6 is 22.9 Å². The van der Waals surface area contributed by atoms with Crippen LogP contribution in [-0.2, 0) is 10.0 Å². The van der Waals surface area contributed by atoms with E-state index < -0.39 is 14.9 Å². The minimum absolute atomic E-state index is 0.166. The van der Waals surface area contributed by atoms with E-state index in [1.165, 1.54) is 19.2 Å². The minimum atomic E-state index is -3.94. The van der Waals surface area contributed by atoms with Gasteiger partial charge in [-0.1, -0.05) is 35.1 Å². The van der Waals surface area contributed by atoms with Crippen molar-refractivity contribution >= 4 is 49.3 Å². The molecule has 0 spiro atoms. The van der Waals surface area contributed by atoms with E-state index in [1.54, 1.807) is 12.1 Å². The summed E-state index contributed by atoms with van der Waals surface area (Å²) < 4.78 is 26.6. The molecule has 0 unspecified atom stereocenters. The lowest BCUT2D eigenvalue weighted by Gasteiger charge is -2.07. The van der Waals surface area contributed by atoms with E-state index in [4.69, 9.17) is 11.6 Å². The molecule has 21 heavy (non-hydrogen) atoms. The van der Waals surface area contributed by atoms with Crippen molar-refractivity contribution in [3.05, 3.63) is 45.5 Å². The Bertz CT molecular complexity index is 789. The highest BCUT2D eigenvalue weighted by Crippen LogP contribution is 2.37. The number of sulfonamides is 1. The summed E-state index contributed by atoms with van der Waals surface area (Å²) in [6.07, 6.45) is 0. The summed E-state index contributed by atoms with van der Waals surface area (Å²) in [5.74, 6) is 0. The van der Waals surface area contributed by atoms with Crippen molar-refractivity contribution in [3.63, 3.8) is 0 Å². The van der Waals surface area contributed by atoms with Gasteiger partial charge in [0.05, 0.1) is 15.6 Å². The molecule has 0 fully saturated rings. The van der Waals surface area contributed by atoms with Gasteiger partial charge in [0.1, 0.15) is 4.21 Å². The Morgan fingerprint density at radius 1 is 1.33 bits per heavy atom. The molecular weight excluding hydrogens is 338 g/mol. The minimum Gasteiger partial charge on any atom is -0.374 e. The molecule has 1 aromatic carbocycles. The maximum atomic E-state index is 12.2. The topological polar surface area (TPSA) is 101 Å². The number of halogens is 1. The number of para-hydroxylation sites is 1. The molecule has 0 atom stereocenters. The average molecular weight is 348 g/mol. The molecule has 7 nitrogen and oxygen atoms in total. The molecule has 0 aliphatic heterocycles. The molecule has 112 valence electrons. The Labute approximate surface area is 129 Å². The number of hydrogen-bond donors (Lipinski definition) is 2. The van der Waals surface area contributed by atoms with Gasteiger partial charge >= 0.3 is 5.69 Å². The van der Waals surface area contributed by atoms with Crippen molar-refractivity contribution in [2.45, 2.75) is 4.21 Å². The third kappa shape index (κ3) is 3.26. The summed E-state index contributed by atoms with van der Waals surface area (Å²) in [4.78, 5) is 10.2. The van der Waals surface area contributed by atoms with Crippen molar-refractivity contribution in [1.29, 1.82) is 0 Å². The van der Waals surface area contributed by atoms with Gasteiger partial charge in [-0.15, -0.1) is 0 Å². The molecule has 1 heterocycles. The monoisotopic (exact) mass is 347 g/mol. The Morgan fingerprint density at radius 3 is 2.52 bits per heavy atom. The van der Waals surface area contributed by atoms with Crippen LogP contribution in [0.4, 0.5) is 16.4 Å². The van der Waals surface area contributed by atoms with E-state index in [0.29, 0.717) is 0 Å². The van der Waals surface area contributed by atoms with Crippen molar-refractivity contribution in [2.75, 3.05) is 17.1 Å². The molecule has 2 aromatic rings. The second-order valence-corrected chi connectivity index (χ2v) is 7.24. The van der Waals surface area contributed by atoms with Crippen molar-refractivity contribution in [1.82, 2.24) is 0 Å². The van der Waals surface area contributed by atoms with Crippen molar-refractivity contribution in [2.24, 2.45) is 0 Å². The number of nitro groups is 1. The summed E-state index contributed by atoms with van der Waals surface area (Å²) >= 11 is 6.66. The normalized spacial score (nSPS) is 11.1. The maximum Gasteiger partial charge on any atom is 0.304 e. The molecule has 0 saturated heterocycles. The molecule has 2 rings (SSSR count). The van der Waals surface area contributed by atoms with Crippen LogP contribution in [0.15, 0.2) is 34.5 Å². The third-order valence-corrected chi connectivity index (χ3v) is 5.81. The molecule has 0 amide bonds. The molecule has 0 radical (unpaired) electrons. The van der Waals surface area contributed by atoms with Crippen LogP contribution in [0.1, 0.15) is 0 Å². The van der Waals surface area contributed by atoms with Crippen LogP contribution in [0.5, 0.6) is 0 Å². The first kappa shape index (κ1) is 15.5. The molecule has 10 heteroatoms. The van der Waals surface area contributed by atoms with E-state index in [0.717, 1.165) is 17.4 Å². The van der Waals surface area contributed by atoms with Crippen LogP contribution < -0.4 is 10.0 Å². The molecule has 1 aromatic heterocycles. The molecule has 0 saturated carbocycles. The molecule has 0 aliphatic rings. The van der Waals surface area contributed by atoms with Crippen LogP contribution in [0, 0.1) is 10.1 Å². The third-order valence-electron chi connectivity index (χ3n) is 2.50. The first-order chi connectivity index (χ1) is 9.85. The van der Waals surface area contributed by atoms with E-state index in [2.05, 4.69) is 10.0 Å². The van der Waals surface area contributed by atoms with Gasteiger partial charge in [-0.2, -0.15) is 0 Å². The van der Waals surface area contributed by atoms with E-state index in [-0.39, 0.29) is 25.6 Å². The number of hydrogen-bond acceptors (Lipinski definition) is 6. The number of nitrogens with zero attached hydrogens (tertiary/aromatic N) is 1. The van der Waals surface area contributed by atoms with Crippen molar-refractivity contribution < 1.29 is 13.3 Å². The van der Waals surface area contributed by atoms with Gasteiger partial charge in [-0.25, -0.2) is 8.42 Å². The smallest absolute Gasteiger partial charge is 0.304 e. The number of anilines is 2. The number of rotatable bonds is 5. The Balaban J connectivity index is 2.41. The van der Waals surface area contributed by atoms with Crippen LogP contribution in [-0.4, -0.2) is 20.4 Å². The van der Waals surface area contributed by atoms with Gasteiger partial charge in [-0.05, 0) is 12.1 Å². The van der Waals surface area contributed by atoms with Gasteiger partial charge in [-0.3, -0.25) is 14.8 Å². The van der Waals surface area contributed by atoms with Gasteiger partial charge in [0, 0.05) is 13.1 Å². The fourth-order valence-corrected chi connectivity index (χ4v) is 4.15. The number of nitrogens with one attached hydrogen (secondary N) is 2. The molecule has 0 aliphatic carbocycles. The van der Waals surface area contributed by atoms with Gasteiger partial charge in [0.2, 0.25) is 0 Å². The highest BCUT2D eigenvalue weighted by Gasteiger charge is 2.26. The average Bonchev–Trinajstić information content (AvgIpc) is 2.86. The largest absolute Gasteiger partial charge is 0.374 e. The summed E-state index contributed by atoms with van der Waals surface area (Å²) in [5, 5.41) is 13.9. The van der Waals surface area contributed by atoms with Gasteiger partial charge in [0.15, 0.2) is 5.00 Å². The van der Waals surface area contributed by atoms with E-state index in [9.17, 15) is 18.5 Å². The van der Waals surface area contributed by atoms with Crippen LogP contribution in [0.3, 0.4) is 0 Å². The zero-order valence-electron chi connectivity index (χ0n) is 10.7. The lowest BCUT2D eigenvalue weighted by molar-refractivity contribution is -0.383. The Morgan fingerprint density at radius 2 is 2.00 bits per heavy atom.